The van der Waals surface area contributed by atoms with Crippen molar-refractivity contribution in [1.29, 1.82) is 0 Å². The standard InChI is InChI=1S/C12H11BrFNOS/c13-12-6-5-11(17-12)9(15)7-16-10-4-2-1-3-8(10)14/h1-6,9H,7,15H2. The summed E-state index contributed by atoms with van der Waals surface area (Å²) in [4.78, 5) is 1.01. The lowest BCUT2D eigenvalue weighted by molar-refractivity contribution is 0.279. The van der Waals surface area contributed by atoms with Crippen molar-refractivity contribution < 1.29 is 9.13 Å². The Morgan fingerprint density at radius 1 is 1.29 bits per heavy atom. The second-order valence-corrected chi connectivity index (χ2v) is 5.98. The number of ether oxygens (including phenoxy) is 1. The van der Waals surface area contributed by atoms with E-state index < -0.39 is 0 Å². The highest BCUT2D eigenvalue weighted by Crippen LogP contribution is 2.27. The van der Waals surface area contributed by atoms with Crippen LogP contribution in [0.1, 0.15) is 10.9 Å². The van der Waals surface area contributed by atoms with Crippen molar-refractivity contribution in [2.45, 2.75) is 6.04 Å². The molecule has 90 valence electrons. The van der Waals surface area contributed by atoms with Gasteiger partial charge in [-0.05, 0) is 40.2 Å². The average Bonchev–Trinajstić information content (AvgIpc) is 2.74. The van der Waals surface area contributed by atoms with Crippen LogP contribution in [-0.4, -0.2) is 6.61 Å². The van der Waals surface area contributed by atoms with Crippen LogP contribution in [0, 0.1) is 5.82 Å². The van der Waals surface area contributed by atoms with Gasteiger partial charge in [0.1, 0.15) is 6.61 Å². The molecule has 17 heavy (non-hydrogen) atoms. The Kier molecular flexibility index (Phi) is 4.15. The third kappa shape index (κ3) is 3.28. The number of rotatable bonds is 4. The minimum atomic E-state index is -0.368. The van der Waals surface area contributed by atoms with Gasteiger partial charge < -0.3 is 10.5 Å². The maximum absolute atomic E-state index is 13.3. The zero-order chi connectivity index (χ0) is 12.3. The Morgan fingerprint density at radius 2 is 2.06 bits per heavy atom. The first-order valence-electron chi connectivity index (χ1n) is 5.05. The summed E-state index contributed by atoms with van der Waals surface area (Å²) < 4.78 is 19.7. The van der Waals surface area contributed by atoms with Crippen LogP contribution in [-0.2, 0) is 0 Å². The molecule has 0 spiro atoms. The molecular formula is C12H11BrFNOS. The molecule has 5 heteroatoms. The van der Waals surface area contributed by atoms with E-state index >= 15 is 0 Å². The fourth-order valence-electron chi connectivity index (χ4n) is 1.35. The van der Waals surface area contributed by atoms with Crippen LogP contribution in [0.15, 0.2) is 40.2 Å². The summed E-state index contributed by atoms with van der Waals surface area (Å²) in [6.45, 7) is 0.258. The van der Waals surface area contributed by atoms with Crippen molar-refractivity contribution in [1.82, 2.24) is 0 Å². The fraction of sp³-hybridized carbons (Fsp3) is 0.167. The molecule has 2 aromatic rings. The van der Waals surface area contributed by atoms with Crippen molar-refractivity contribution >= 4 is 27.3 Å². The van der Waals surface area contributed by atoms with Crippen molar-refractivity contribution in [3.8, 4) is 5.75 Å². The fourth-order valence-corrected chi connectivity index (χ4v) is 2.76. The normalized spacial score (nSPS) is 12.4. The number of nitrogens with two attached hydrogens (primary N) is 1. The Labute approximate surface area is 111 Å². The topological polar surface area (TPSA) is 35.2 Å². The highest BCUT2D eigenvalue weighted by atomic mass is 79.9. The van der Waals surface area contributed by atoms with E-state index in [0.29, 0.717) is 0 Å². The van der Waals surface area contributed by atoms with E-state index in [1.165, 1.54) is 6.07 Å². The molecular weight excluding hydrogens is 305 g/mol. The highest BCUT2D eigenvalue weighted by Gasteiger charge is 2.10. The SMILES string of the molecule is NC(COc1ccccc1F)c1ccc(Br)s1. The van der Waals surface area contributed by atoms with Gasteiger partial charge in [-0.25, -0.2) is 4.39 Å². The monoisotopic (exact) mass is 315 g/mol. The molecule has 1 atom stereocenters. The predicted octanol–water partition coefficient (Wildman–Crippen LogP) is 3.73. The van der Waals surface area contributed by atoms with Gasteiger partial charge in [0.15, 0.2) is 11.6 Å². The van der Waals surface area contributed by atoms with Gasteiger partial charge in [0.2, 0.25) is 0 Å². The van der Waals surface area contributed by atoms with Gasteiger partial charge in [-0.2, -0.15) is 0 Å². The summed E-state index contributed by atoms with van der Waals surface area (Å²) in [5, 5.41) is 0. The van der Waals surface area contributed by atoms with E-state index in [9.17, 15) is 4.39 Å². The molecule has 0 fully saturated rings. The molecule has 2 rings (SSSR count). The molecule has 0 radical (unpaired) electrons. The molecule has 0 saturated carbocycles. The van der Waals surface area contributed by atoms with Gasteiger partial charge in [0.25, 0.3) is 0 Å². The Balaban J connectivity index is 1.97. The van der Waals surface area contributed by atoms with E-state index in [1.807, 2.05) is 12.1 Å². The van der Waals surface area contributed by atoms with Crippen LogP contribution in [0.5, 0.6) is 5.75 Å². The molecule has 2 N–H and O–H groups in total. The number of benzene rings is 1. The summed E-state index contributed by atoms with van der Waals surface area (Å²) in [6, 6.07) is 9.93. The van der Waals surface area contributed by atoms with Gasteiger partial charge in [-0.1, -0.05) is 12.1 Å². The van der Waals surface area contributed by atoms with E-state index in [-0.39, 0.29) is 24.2 Å². The van der Waals surface area contributed by atoms with Crippen molar-refractivity contribution in [2.24, 2.45) is 5.73 Å². The third-order valence-electron chi connectivity index (χ3n) is 2.21. The predicted molar refractivity (Wildman–Crippen MR) is 70.8 cm³/mol. The largest absolute Gasteiger partial charge is 0.489 e. The van der Waals surface area contributed by atoms with Gasteiger partial charge in [0.05, 0.1) is 9.83 Å². The first-order chi connectivity index (χ1) is 8.16. The third-order valence-corrected chi connectivity index (χ3v) is 3.97. The molecule has 1 aromatic carbocycles. The number of thiophene rings is 1. The first kappa shape index (κ1) is 12.5. The summed E-state index contributed by atoms with van der Waals surface area (Å²) in [7, 11) is 0. The lowest BCUT2D eigenvalue weighted by atomic mass is 10.3. The second-order valence-electron chi connectivity index (χ2n) is 3.49. The van der Waals surface area contributed by atoms with E-state index in [2.05, 4.69) is 15.9 Å². The summed E-state index contributed by atoms with van der Waals surface area (Å²) in [5.41, 5.74) is 5.95. The highest BCUT2D eigenvalue weighted by molar-refractivity contribution is 9.11. The molecule has 1 heterocycles. The van der Waals surface area contributed by atoms with Crippen LogP contribution in [0.25, 0.3) is 0 Å². The van der Waals surface area contributed by atoms with Crippen LogP contribution in [0.2, 0.25) is 0 Å². The van der Waals surface area contributed by atoms with Crippen LogP contribution in [0.4, 0.5) is 4.39 Å². The molecule has 1 aromatic heterocycles. The molecule has 2 nitrogen and oxygen atoms in total. The average molecular weight is 316 g/mol. The zero-order valence-corrected chi connectivity index (χ0v) is 11.3. The Bertz CT molecular complexity index is 503. The lowest BCUT2D eigenvalue weighted by Crippen LogP contribution is -2.18. The van der Waals surface area contributed by atoms with Gasteiger partial charge in [-0.15, -0.1) is 11.3 Å². The number of hydrogen-bond donors (Lipinski definition) is 1. The maximum atomic E-state index is 13.3. The molecule has 0 aliphatic heterocycles. The first-order valence-corrected chi connectivity index (χ1v) is 6.66. The number of para-hydroxylation sites is 1. The van der Waals surface area contributed by atoms with E-state index in [1.54, 1.807) is 29.5 Å². The summed E-state index contributed by atoms with van der Waals surface area (Å²) in [6.07, 6.45) is 0. The van der Waals surface area contributed by atoms with Crippen LogP contribution in [0.3, 0.4) is 0 Å². The second kappa shape index (κ2) is 5.62. The Hall–Kier alpha value is -0.910. The van der Waals surface area contributed by atoms with Crippen LogP contribution >= 0.6 is 27.3 Å². The van der Waals surface area contributed by atoms with Crippen molar-refractivity contribution in [2.75, 3.05) is 6.61 Å². The molecule has 0 aliphatic carbocycles. The maximum Gasteiger partial charge on any atom is 0.165 e. The molecule has 0 amide bonds. The van der Waals surface area contributed by atoms with Gasteiger partial charge in [-0.3, -0.25) is 0 Å². The summed E-state index contributed by atoms with van der Waals surface area (Å²) in [5.74, 6) is -0.134. The molecule has 0 aliphatic rings. The lowest BCUT2D eigenvalue weighted by Gasteiger charge is -2.11. The van der Waals surface area contributed by atoms with Crippen LogP contribution < -0.4 is 10.5 Å². The Morgan fingerprint density at radius 3 is 2.71 bits per heavy atom. The molecule has 0 saturated heterocycles. The minimum Gasteiger partial charge on any atom is -0.489 e. The number of halogens is 2. The quantitative estimate of drug-likeness (QED) is 0.933. The molecule has 1 unspecified atom stereocenters. The smallest absolute Gasteiger partial charge is 0.165 e. The van der Waals surface area contributed by atoms with Crippen molar-refractivity contribution in [3.63, 3.8) is 0 Å². The van der Waals surface area contributed by atoms with E-state index in [0.717, 1.165) is 8.66 Å². The van der Waals surface area contributed by atoms with Gasteiger partial charge >= 0.3 is 0 Å². The number of hydrogen-bond acceptors (Lipinski definition) is 3. The minimum absolute atomic E-state index is 0.235. The summed E-state index contributed by atoms with van der Waals surface area (Å²) >= 11 is 4.92. The van der Waals surface area contributed by atoms with Gasteiger partial charge in [0, 0.05) is 4.88 Å². The zero-order valence-electron chi connectivity index (χ0n) is 8.90. The molecule has 0 bridgehead atoms. The van der Waals surface area contributed by atoms with E-state index in [4.69, 9.17) is 10.5 Å². The van der Waals surface area contributed by atoms with Crippen molar-refractivity contribution in [3.05, 3.63) is 50.9 Å².